The third-order valence-corrected chi connectivity index (χ3v) is 3.88. The van der Waals surface area contributed by atoms with Crippen LogP contribution in [-0.4, -0.2) is 29.2 Å². The highest BCUT2D eigenvalue weighted by molar-refractivity contribution is 5.22. The lowest BCUT2D eigenvalue weighted by atomic mass is 9.84. The van der Waals surface area contributed by atoms with Gasteiger partial charge in [-0.05, 0) is 32.4 Å². The minimum Gasteiger partial charge on any atom is -0.389 e. The Morgan fingerprint density at radius 2 is 1.94 bits per heavy atom. The zero-order chi connectivity index (χ0) is 13.0. The number of aryl methyl sites for hydroxylation is 1. The van der Waals surface area contributed by atoms with Crippen molar-refractivity contribution >= 4 is 0 Å². The molecule has 0 amide bonds. The molecule has 0 aliphatic heterocycles. The lowest BCUT2D eigenvalue weighted by Gasteiger charge is -2.35. The largest absolute Gasteiger partial charge is 0.389 e. The van der Waals surface area contributed by atoms with Gasteiger partial charge in [-0.1, -0.05) is 49.1 Å². The van der Waals surface area contributed by atoms with Crippen LogP contribution in [0, 0.1) is 6.92 Å². The zero-order valence-corrected chi connectivity index (χ0v) is 11.7. The van der Waals surface area contributed by atoms with E-state index in [-0.39, 0.29) is 0 Å². The Bertz CT molecular complexity index is 382. The van der Waals surface area contributed by atoms with E-state index in [0.717, 1.165) is 25.9 Å². The van der Waals surface area contributed by atoms with E-state index in [2.05, 4.69) is 43.1 Å². The highest BCUT2D eigenvalue weighted by Gasteiger charge is 2.30. The molecule has 18 heavy (non-hydrogen) atoms. The maximum absolute atomic E-state index is 10.5. The van der Waals surface area contributed by atoms with Gasteiger partial charge in [-0.2, -0.15) is 0 Å². The van der Waals surface area contributed by atoms with E-state index in [9.17, 15) is 5.11 Å². The number of likely N-dealkylation sites (N-methyl/N-ethyl adjacent to an activating group) is 1. The van der Waals surface area contributed by atoms with E-state index in [1.807, 2.05) is 0 Å². The molecule has 1 saturated carbocycles. The fourth-order valence-corrected chi connectivity index (χ4v) is 3.05. The van der Waals surface area contributed by atoms with Crippen molar-refractivity contribution in [1.82, 2.24) is 4.90 Å². The van der Waals surface area contributed by atoms with Crippen LogP contribution in [0.4, 0.5) is 0 Å². The molecule has 0 saturated heterocycles. The Morgan fingerprint density at radius 3 is 2.61 bits per heavy atom. The molecular weight excluding hydrogens is 222 g/mol. The van der Waals surface area contributed by atoms with Gasteiger partial charge in [0.25, 0.3) is 0 Å². The Kier molecular flexibility index (Phi) is 4.41. The standard InChI is InChI=1S/C16H25NO/c1-14-7-6-8-15(11-14)12-17(2)13-16(18)9-4-3-5-10-16/h6-8,11,18H,3-5,9-10,12-13H2,1-2H3. The topological polar surface area (TPSA) is 23.5 Å². The predicted octanol–water partition coefficient (Wildman–Crippen LogP) is 3.12. The molecule has 0 aromatic heterocycles. The van der Waals surface area contributed by atoms with Gasteiger partial charge in [-0.3, -0.25) is 4.90 Å². The van der Waals surface area contributed by atoms with Gasteiger partial charge >= 0.3 is 0 Å². The average molecular weight is 247 g/mol. The van der Waals surface area contributed by atoms with Crippen LogP contribution in [0.5, 0.6) is 0 Å². The normalized spacial score (nSPS) is 19.1. The molecule has 1 aliphatic carbocycles. The molecule has 1 N–H and O–H groups in total. The van der Waals surface area contributed by atoms with Crippen molar-refractivity contribution in [1.29, 1.82) is 0 Å². The van der Waals surface area contributed by atoms with Gasteiger partial charge in [-0.25, -0.2) is 0 Å². The number of hydrogen-bond acceptors (Lipinski definition) is 2. The molecule has 0 unspecified atom stereocenters. The van der Waals surface area contributed by atoms with Gasteiger partial charge < -0.3 is 5.11 Å². The maximum Gasteiger partial charge on any atom is 0.0774 e. The number of aliphatic hydroxyl groups is 1. The van der Waals surface area contributed by atoms with Crippen LogP contribution < -0.4 is 0 Å². The first-order valence-electron chi connectivity index (χ1n) is 7.04. The van der Waals surface area contributed by atoms with Gasteiger partial charge in [0, 0.05) is 13.1 Å². The minimum atomic E-state index is -0.448. The summed E-state index contributed by atoms with van der Waals surface area (Å²) in [6, 6.07) is 8.61. The highest BCUT2D eigenvalue weighted by atomic mass is 16.3. The predicted molar refractivity (Wildman–Crippen MR) is 75.5 cm³/mol. The second-order valence-corrected chi connectivity index (χ2v) is 5.95. The molecule has 0 heterocycles. The van der Waals surface area contributed by atoms with Crippen LogP contribution in [0.3, 0.4) is 0 Å². The molecule has 0 radical (unpaired) electrons. The Labute approximate surface area is 111 Å². The number of rotatable bonds is 4. The summed E-state index contributed by atoms with van der Waals surface area (Å²) in [4.78, 5) is 2.25. The van der Waals surface area contributed by atoms with E-state index < -0.39 is 5.60 Å². The fourth-order valence-electron chi connectivity index (χ4n) is 3.05. The quantitative estimate of drug-likeness (QED) is 0.883. The minimum absolute atomic E-state index is 0.448. The van der Waals surface area contributed by atoms with E-state index in [4.69, 9.17) is 0 Å². The molecular formula is C16H25NO. The molecule has 0 spiro atoms. The number of nitrogens with zero attached hydrogens (tertiary/aromatic N) is 1. The van der Waals surface area contributed by atoms with Crippen LogP contribution in [0.1, 0.15) is 43.2 Å². The van der Waals surface area contributed by atoms with Crippen molar-refractivity contribution in [3.05, 3.63) is 35.4 Å². The van der Waals surface area contributed by atoms with Crippen molar-refractivity contribution in [3.8, 4) is 0 Å². The van der Waals surface area contributed by atoms with Gasteiger partial charge in [0.2, 0.25) is 0 Å². The Morgan fingerprint density at radius 1 is 1.22 bits per heavy atom. The summed E-state index contributed by atoms with van der Waals surface area (Å²) in [6.45, 7) is 3.84. The van der Waals surface area contributed by atoms with Crippen LogP contribution >= 0.6 is 0 Å². The van der Waals surface area contributed by atoms with Crippen LogP contribution in [0.2, 0.25) is 0 Å². The number of hydrogen-bond donors (Lipinski definition) is 1. The van der Waals surface area contributed by atoms with Gasteiger partial charge in [0.15, 0.2) is 0 Å². The van der Waals surface area contributed by atoms with E-state index in [0.29, 0.717) is 0 Å². The second-order valence-electron chi connectivity index (χ2n) is 5.95. The molecule has 1 aromatic carbocycles. The Hall–Kier alpha value is -0.860. The lowest BCUT2D eigenvalue weighted by molar-refractivity contribution is -0.0223. The molecule has 100 valence electrons. The Balaban J connectivity index is 1.90. The molecule has 2 heteroatoms. The third-order valence-electron chi connectivity index (χ3n) is 3.88. The van der Waals surface area contributed by atoms with E-state index >= 15 is 0 Å². The first-order chi connectivity index (χ1) is 8.57. The summed E-state index contributed by atoms with van der Waals surface area (Å²) in [5, 5.41) is 10.5. The summed E-state index contributed by atoms with van der Waals surface area (Å²) >= 11 is 0. The molecule has 0 atom stereocenters. The molecule has 1 aromatic rings. The average Bonchev–Trinajstić information content (AvgIpc) is 2.28. The zero-order valence-electron chi connectivity index (χ0n) is 11.7. The van der Waals surface area contributed by atoms with Crippen LogP contribution in [-0.2, 0) is 6.54 Å². The van der Waals surface area contributed by atoms with Crippen molar-refractivity contribution in [3.63, 3.8) is 0 Å². The van der Waals surface area contributed by atoms with Crippen LogP contribution in [0.15, 0.2) is 24.3 Å². The second kappa shape index (κ2) is 5.85. The summed E-state index contributed by atoms with van der Waals surface area (Å²) in [6.07, 6.45) is 5.56. The first-order valence-corrected chi connectivity index (χ1v) is 7.04. The molecule has 0 bridgehead atoms. The molecule has 2 rings (SSSR count). The van der Waals surface area contributed by atoms with Crippen molar-refractivity contribution in [2.45, 2.75) is 51.2 Å². The van der Waals surface area contributed by atoms with Crippen molar-refractivity contribution in [2.24, 2.45) is 0 Å². The van der Waals surface area contributed by atoms with Gasteiger partial charge in [0.05, 0.1) is 5.60 Å². The van der Waals surface area contributed by atoms with Crippen molar-refractivity contribution < 1.29 is 5.11 Å². The first kappa shape index (κ1) is 13.6. The summed E-state index contributed by atoms with van der Waals surface area (Å²) in [7, 11) is 2.11. The fraction of sp³-hybridized carbons (Fsp3) is 0.625. The monoisotopic (exact) mass is 247 g/mol. The van der Waals surface area contributed by atoms with Gasteiger partial charge in [0.1, 0.15) is 0 Å². The number of benzene rings is 1. The lowest BCUT2D eigenvalue weighted by Crippen LogP contribution is -2.42. The molecule has 2 nitrogen and oxygen atoms in total. The van der Waals surface area contributed by atoms with Crippen LogP contribution in [0.25, 0.3) is 0 Å². The summed E-state index contributed by atoms with van der Waals surface area (Å²) < 4.78 is 0. The van der Waals surface area contributed by atoms with E-state index in [1.54, 1.807) is 0 Å². The SMILES string of the molecule is Cc1cccc(CN(C)CC2(O)CCCCC2)c1. The third kappa shape index (κ3) is 3.82. The summed E-state index contributed by atoms with van der Waals surface area (Å²) in [5.41, 5.74) is 2.19. The smallest absolute Gasteiger partial charge is 0.0774 e. The highest BCUT2D eigenvalue weighted by Crippen LogP contribution is 2.28. The molecule has 1 fully saturated rings. The summed E-state index contributed by atoms with van der Waals surface area (Å²) in [5.74, 6) is 0. The van der Waals surface area contributed by atoms with Gasteiger partial charge in [-0.15, -0.1) is 0 Å². The van der Waals surface area contributed by atoms with Crippen molar-refractivity contribution in [2.75, 3.05) is 13.6 Å². The maximum atomic E-state index is 10.5. The molecule has 1 aliphatic rings. The van der Waals surface area contributed by atoms with E-state index in [1.165, 1.54) is 30.4 Å².